The Bertz CT molecular complexity index is 705. The van der Waals surface area contributed by atoms with Crippen LogP contribution < -0.4 is 0 Å². The monoisotopic (exact) mass is 306 g/mol. The molecule has 1 aliphatic carbocycles. The van der Waals surface area contributed by atoms with Crippen LogP contribution in [0, 0.1) is 5.92 Å². The highest BCUT2D eigenvalue weighted by Gasteiger charge is 2.81. The predicted octanol–water partition coefficient (Wildman–Crippen LogP) is 0.126. The number of fused-ring (bicyclic) bond motifs is 1. The lowest BCUT2D eigenvalue weighted by atomic mass is 9.62. The second-order valence-corrected chi connectivity index (χ2v) is 6.26. The summed E-state index contributed by atoms with van der Waals surface area (Å²) >= 11 is 0. The summed E-state index contributed by atoms with van der Waals surface area (Å²) in [6.07, 6.45) is 2.80. The van der Waals surface area contributed by atoms with Gasteiger partial charge >= 0.3 is 11.9 Å². The van der Waals surface area contributed by atoms with Gasteiger partial charge in [0, 0.05) is 24.5 Å². The normalized spacial score (nSPS) is 45.8. The number of hydrogen-bond donors (Lipinski definition) is 1. The fraction of sp³-hybridized carbons (Fsp3) is 0.533. The molecule has 4 aliphatic rings. The quantitative estimate of drug-likeness (QED) is 0.635. The molecular formula is C15H14O7. The molecular weight excluding hydrogens is 292 g/mol. The van der Waals surface area contributed by atoms with E-state index >= 15 is 0 Å². The SMILES string of the molecule is CC1=CO[C@@]2(CC[C@@]34OC(=O)[C@@H]2[C@]3(O)OC(=O)C=C4C)C1=O. The topological polar surface area (TPSA) is 99.1 Å². The van der Waals surface area contributed by atoms with E-state index in [0.29, 0.717) is 11.1 Å². The van der Waals surface area contributed by atoms with Gasteiger partial charge in [-0.15, -0.1) is 0 Å². The zero-order valence-corrected chi connectivity index (χ0v) is 12.0. The first kappa shape index (κ1) is 13.5. The van der Waals surface area contributed by atoms with E-state index < -0.39 is 34.8 Å². The van der Waals surface area contributed by atoms with E-state index in [-0.39, 0.29) is 18.6 Å². The summed E-state index contributed by atoms with van der Waals surface area (Å²) in [4.78, 5) is 36.7. The van der Waals surface area contributed by atoms with Crippen LogP contribution in [0.3, 0.4) is 0 Å². The molecule has 0 aromatic heterocycles. The molecule has 4 rings (SSSR count). The van der Waals surface area contributed by atoms with Gasteiger partial charge in [-0.3, -0.25) is 9.59 Å². The van der Waals surface area contributed by atoms with Gasteiger partial charge in [-0.2, -0.15) is 0 Å². The highest BCUT2D eigenvalue weighted by Crippen LogP contribution is 2.61. The van der Waals surface area contributed by atoms with Gasteiger partial charge in [0.05, 0.1) is 6.26 Å². The summed E-state index contributed by atoms with van der Waals surface area (Å²) in [6, 6.07) is 0. The van der Waals surface area contributed by atoms with Gasteiger partial charge in [0.2, 0.25) is 5.78 Å². The van der Waals surface area contributed by atoms with Gasteiger partial charge in [0.15, 0.2) is 17.1 Å². The van der Waals surface area contributed by atoms with Crippen molar-refractivity contribution in [3.8, 4) is 0 Å². The number of aliphatic hydroxyl groups is 1. The van der Waals surface area contributed by atoms with Crippen molar-refractivity contribution < 1.29 is 33.7 Å². The van der Waals surface area contributed by atoms with Crippen LogP contribution in [0.5, 0.6) is 0 Å². The molecule has 0 radical (unpaired) electrons. The highest BCUT2D eigenvalue weighted by atomic mass is 16.7. The molecule has 1 spiro atoms. The lowest BCUT2D eigenvalue weighted by molar-refractivity contribution is -0.295. The molecule has 22 heavy (non-hydrogen) atoms. The molecule has 1 N–H and O–H groups in total. The number of carbonyl (C=O) groups excluding carboxylic acids is 3. The maximum Gasteiger partial charge on any atom is 0.333 e. The molecule has 7 heteroatoms. The Kier molecular flexibility index (Phi) is 2.21. The Morgan fingerprint density at radius 3 is 2.55 bits per heavy atom. The van der Waals surface area contributed by atoms with E-state index in [1.165, 1.54) is 12.3 Å². The third kappa shape index (κ3) is 1.17. The first-order valence-electron chi connectivity index (χ1n) is 7.03. The van der Waals surface area contributed by atoms with Gasteiger partial charge in [-0.25, -0.2) is 4.79 Å². The number of esters is 2. The van der Waals surface area contributed by atoms with Gasteiger partial charge in [0.25, 0.3) is 5.79 Å². The molecule has 0 amide bonds. The third-order valence-electron chi connectivity index (χ3n) is 5.21. The standard InChI is InChI=1S/C15H14O7/c1-7-6-20-13(11(7)17)3-4-14-8(2)5-9(16)21-15(14,19)10(13)12(18)22-14/h5-6,10,19H,3-4H2,1-2H3/t10-,13+,14-,15-/m0/s1. The summed E-state index contributed by atoms with van der Waals surface area (Å²) < 4.78 is 16.0. The second-order valence-electron chi connectivity index (χ2n) is 6.26. The first-order valence-corrected chi connectivity index (χ1v) is 7.03. The summed E-state index contributed by atoms with van der Waals surface area (Å²) in [7, 11) is 0. The highest BCUT2D eigenvalue weighted by molar-refractivity contribution is 6.07. The van der Waals surface area contributed by atoms with E-state index in [1.54, 1.807) is 13.8 Å². The Labute approximate surface area is 125 Å². The smallest absolute Gasteiger partial charge is 0.333 e. The van der Waals surface area contributed by atoms with Crippen LogP contribution in [0.2, 0.25) is 0 Å². The number of carbonyl (C=O) groups is 3. The average Bonchev–Trinajstić information content (AvgIpc) is 2.76. The minimum Gasteiger partial charge on any atom is -0.485 e. The fourth-order valence-corrected chi connectivity index (χ4v) is 4.12. The van der Waals surface area contributed by atoms with E-state index in [9.17, 15) is 19.5 Å². The number of ketones is 1. The zero-order chi connectivity index (χ0) is 15.9. The van der Waals surface area contributed by atoms with Crippen LogP contribution in [-0.2, 0) is 28.6 Å². The molecule has 116 valence electrons. The minimum absolute atomic E-state index is 0.133. The molecule has 0 aromatic rings. The fourth-order valence-electron chi connectivity index (χ4n) is 4.12. The van der Waals surface area contributed by atoms with Crippen molar-refractivity contribution >= 4 is 17.7 Å². The lowest BCUT2D eigenvalue weighted by Gasteiger charge is -2.50. The Hall–Kier alpha value is -2.15. The molecule has 0 unspecified atom stereocenters. The maximum atomic E-state index is 12.5. The Morgan fingerprint density at radius 2 is 1.91 bits per heavy atom. The Balaban J connectivity index is 1.92. The van der Waals surface area contributed by atoms with E-state index in [0.717, 1.165) is 0 Å². The molecule has 1 saturated carbocycles. The molecule has 3 heterocycles. The van der Waals surface area contributed by atoms with E-state index in [4.69, 9.17) is 14.2 Å². The summed E-state index contributed by atoms with van der Waals surface area (Å²) in [5.74, 6) is -5.58. The zero-order valence-electron chi connectivity index (χ0n) is 12.0. The van der Waals surface area contributed by atoms with Crippen LogP contribution in [0.1, 0.15) is 26.7 Å². The van der Waals surface area contributed by atoms with Crippen molar-refractivity contribution in [3.05, 3.63) is 23.5 Å². The van der Waals surface area contributed by atoms with Crippen molar-refractivity contribution in [2.24, 2.45) is 5.92 Å². The van der Waals surface area contributed by atoms with Crippen LogP contribution in [0.15, 0.2) is 23.5 Å². The van der Waals surface area contributed by atoms with Gasteiger partial charge in [-0.1, -0.05) is 0 Å². The summed E-state index contributed by atoms with van der Waals surface area (Å²) in [5, 5.41) is 11.0. The largest absolute Gasteiger partial charge is 0.485 e. The van der Waals surface area contributed by atoms with Gasteiger partial charge < -0.3 is 19.3 Å². The van der Waals surface area contributed by atoms with E-state index in [1.807, 2.05) is 0 Å². The van der Waals surface area contributed by atoms with Crippen molar-refractivity contribution in [3.63, 3.8) is 0 Å². The number of ether oxygens (including phenoxy) is 3. The van der Waals surface area contributed by atoms with Crippen LogP contribution in [-0.4, -0.2) is 39.8 Å². The lowest BCUT2D eigenvalue weighted by Crippen LogP contribution is -2.69. The van der Waals surface area contributed by atoms with Crippen LogP contribution >= 0.6 is 0 Å². The second kappa shape index (κ2) is 3.60. The molecule has 2 bridgehead atoms. The third-order valence-corrected chi connectivity index (χ3v) is 5.21. The van der Waals surface area contributed by atoms with Crippen molar-refractivity contribution in [1.29, 1.82) is 0 Å². The van der Waals surface area contributed by atoms with Gasteiger partial charge in [0.1, 0.15) is 0 Å². The van der Waals surface area contributed by atoms with Gasteiger partial charge in [-0.05, 0) is 19.4 Å². The summed E-state index contributed by atoms with van der Waals surface area (Å²) in [5.41, 5.74) is -2.24. The van der Waals surface area contributed by atoms with Crippen molar-refractivity contribution in [2.75, 3.05) is 0 Å². The minimum atomic E-state index is -2.23. The molecule has 7 nitrogen and oxygen atoms in total. The van der Waals surface area contributed by atoms with E-state index in [2.05, 4.69) is 0 Å². The predicted molar refractivity (Wildman–Crippen MR) is 68.9 cm³/mol. The maximum absolute atomic E-state index is 12.5. The molecule has 4 atom stereocenters. The number of hydrogen-bond acceptors (Lipinski definition) is 7. The van der Waals surface area contributed by atoms with Crippen LogP contribution in [0.25, 0.3) is 0 Å². The molecule has 2 fully saturated rings. The number of rotatable bonds is 0. The molecule has 1 saturated heterocycles. The Morgan fingerprint density at radius 1 is 1.18 bits per heavy atom. The summed E-state index contributed by atoms with van der Waals surface area (Å²) in [6.45, 7) is 3.17. The first-order chi connectivity index (χ1) is 10.3. The van der Waals surface area contributed by atoms with Crippen LogP contribution in [0.4, 0.5) is 0 Å². The number of Topliss-reactive ketones (excluding diaryl/α,β-unsaturated/α-hetero) is 1. The van der Waals surface area contributed by atoms with Crippen molar-refractivity contribution in [2.45, 2.75) is 43.7 Å². The molecule has 0 aromatic carbocycles. The average molecular weight is 306 g/mol. The molecule has 3 aliphatic heterocycles. The van der Waals surface area contributed by atoms with Crippen molar-refractivity contribution in [1.82, 2.24) is 0 Å².